The Morgan fingerprint density at radius 1 is 1.53 bits per heavy atom. The normalized spacial score (nSPS) is 15.2. The Morgan fingerprint density at radius 3 is 3.12 bits per heavy atom. The van der Waals surface area contributed by atoms with Crippen molar-refractivity contribution in [1.29, 1.82) is 0 Å². The second-order valence-corrected chi connectivity index (χ2v) is 4.49. The number of hydrogen-bond acceptors (Lipinski definition) is 3. The van der Waals surface area contributed by atoms with Crippen LogP contribution in [0.3, 0.4) is 0 Å². The molecule has 0 aromatic heterocycles. The molecule has 1 aromatic rings. The first-order valence-electron chi connectivity index (χ1n) is 6.23. The monoisotopic (exact) mass is 233 g/mol. The average Bonchev–Trinajstić information content (AvgIpc) is 2.81. The number of Topliss-reactive ketones (excluding diaryl/α,β-unsaturated/α-hetero) is 1. The molecule has 1 atom stereocenters. The lowest BCUT2D eigenvalue weighted by atomic mass is 9.97. The molecule has 0 saturated heterocycles. The minimum Gasteiger partial charge on any atom is -0.493 e. The Labute approximate surface area is 102 Å². The van der Waals surface area contributed by atoms with Gasteiger partial charge >= 0.3 is 0 Å². The van der Waals surface area contributed by atoms with Crippen molar-refractivity contribution < 1.29 is 9.53 Å². The van der Waals surface area contributed by atoms with E-state index in [4.69, 9.17) is 4.74 Å². The smallest absolute Gasteiger partial charge is 0.166 e. The summed E-state index contributed by atoms with van der Waals surface area (Å²) in [7, 11) is 0. The molecule has 0 bridgehead atoms. The molecule has 1 heterocycles. The van der Waals surface area contributed by atoms with Gasteiger partial charge in [-0.05, 0) is 30.3 Å². The van der Waals surface area contributed by atoms with E-state index in [1.54, 1.807) is 0 Å². The van der Waals surface area contributed by atoms with E-state index in [2.05, 4.69) is 5.32 Å². The molecule has 1 unspecified atom stereocenters. The predicted molar refractivity (Wildman–Crippen MR) is 67.7 cm³/mol. The second-order valence-electron chi connectivity index (χ2n) is 4.49. The van der Waals surface area contributed by atoms with Gasteiger partial charge in [-0.1, -0.05) is 13.8 Å². The molecule has 0 spiro atoms. The standard InChI is InChI=1S/C14H19NO2/c1-3-15-9-10(2)14(16)12-4-5-13-11(8-12)6-7-17-13/h4-5,8,10,15H,3,6-7,9H2,1-2H3. The summed E-state index contributed by atoms with van der Waals surface area (Å²) >= 11 is 0. The summed E-state index contributed by atoms with van der Waals surface area (Å²) in [6.45, 7) is 6.39. The van der Waals surface area contributed by atoms with Gasteiger partial charge in [-0.3, -0.25) is 4.79 Å². The molecular weight excluding hydrogens is 214 g/mol. The Kier molecular flexibility index (Phi) is 3.79. The van der Waals surface area contributed by atoms with Crippen LogP contribution in [0, 0.1) is 5.92 Å². The predicted octanol–water partition coefficient (Wildman–Crippen LogP) is 2.05. The summed E-state index contributed by atoms with van der Waals surface area (Å²) in [6.07, 6.45) is 0.915. The Morgan fingerprint density at radius 2 is 2.35 bits per heavy atom. The Hall–Kier alpha value is -1.35. The highest BCUT2D eigenvalue weighted by Crippen LogP contribution is 2.26. The highest BCUT2D eigenvalue weighted by molar-refractivity contribution is 5.98. The largest absolute Gasteiger partial charge is 0.493 e. The molecule has 1 aliphatic rings. The second kappa shape index (κ2) is 5.32. The lowest BCUT2D eigenvalue weighted by Crippen LogP contribution is -2.26. The lowest BCUT2D eigenvalue weighted by molar-refractivity contribution is 0.0929. The van der Waals surface area contributed by atoms with Crippen LogP contribution in [0.1, 0.15) is 29.8 Å². The molecule has 0 amide bonds. The van der Waals surface area contributed by atoms with Crippen molar-refractivity contribution >= 4 is 5.78 Å². The number of ether oxygens (including phenoxy) is 1. The van der Waals surface area contributed by atoms with Crippen LogP contribution in [0.25, 0.3) is 0 Å². The lowest BCUT2D eigenvalue weighted by Gasteiger charge is -2.11. The molecule has 0 fully saturated rings. The van der Waals surface area contributed by atoms with E-state index in [0.717, 1.165) is 43.0 Å². The summed E-state index contributed by atoms with van der Waals surface area (Å²) in [4.78, 5) is 12.2. The van der Waals surface area contributed by atoms with E-state index in [-0.39, 0.29) is 11.7 Å². The molecule has 1 N–H and O–H groups in total. The number of nitrogens with one attached hydrogen (secondary N) is 1. The molecule has 17 heavy (non-hydrogen) atoms. The Bertz CT molecular complexity index is 415. The van der Waals surface area contributed by atoms with Crippen LogP contribution in [-0.2, 0) is 6.42 Å². The molecule has 0 aliphatic carbocycles. The van der Waals surface area contributed by atoms with Crippen LogP contribution in [0.4, 0.5) is 0 Å². The third-order valence-electron chi connectivity index (χ3n) is 3.12. The molecule has 3 nitrogen and oxygen atoms in total. The van der Waals surface area contributed by atoms with Crippen molar-refractivity contribution in [2.45, 2.75) is 20.3 Å². The van der Waals surface area contributed by atoms with Gasteiger partial charge in [0.2, 0.25) is 0 Å². The van der Waals surface area contributed by atoms with Crippen LogP contribution in [0.2, 0.25) is 0 Å². The third kappa shape index (κ3) is 2.67. The number of hydrogen-bond donors (Lipinski definition) is 1. The van der Waals surface area contributed by atoms with Gasteiger partial charge in [-0.25, -0.2) is 0 Å². The van der Waals surface area contributed by atoms with E-state index >= 15 is 0 Å². The molecule has 0 saturated carbocycles. The quantitative estimate of drug-likeness (QED) is 0.791. The number of fused-ring (bicyclic) bond motifs is 1. The van der Waals surface area contributed by atoms with E-state index in [0.29, 0.717) is 0 Å². The van der Waals surface area contributed by atoms with Crippen molar-refractivity contribution in [2.75, 3.05) is 19.7 Å². The van der Waals surface area contributed by atoms with E-state index in [1.165, 1.54) is 0 Å². The fourth-order valence-electron chi connectivity index (χ4n) is 2.08. The van der Waals surface area contributed by atoms with E-state index < -0.39 is 0 Å². The number of carbonyl (C=O) groups is 1. The van der Waals surface area contributed by atoms with Crippen LogP contribution in [0.5, 0.6) is 5.75 Å². The molecule has 2 rings (SSSR count). The van der Waals surface area contributed by atoms with Gasteiger partial charge in [-0.2, -0.15) is 0 Å². The van der Waals surface area contributed by atoms with Crippen molar-refractivity contribution in [2.24, 2.45) is 5.92 Å². The maximum atomic E-state index is 12.2. The minimum absolute atomic E-state index is 0.0234. The van der Waals surface area contributed by atoms with Crippen molar-refractivity contribution in [1.82, 2.24) is 5.32 Å². The van der Waals surface area contributed by atoms with E-state index in [1.807, 2.05) is 32.0 Å². The summed E-state index contributed by atoms with van der Waals surface area (Å²) in [5, 5.41) is 3.21. The van der Waals surface area contributed by atoms with E-state index in [9.17, 15) is 4.79 Å². The average molecular weight is 233 g/mol. The first kappa shape index (κ1) is 12.1. The van der Waals surface area contributed by atoms with Gasteiger partial charge in [0.05, 0.1) is 6.61 Å². The maximum absolute atomic E-state index is 12.2. The van der Waals surface area contributed by atoms with Crippen LogP contribution >= 0.6 is 0 Å². The number of benzene rings is 1. The zero-order chi connectivity index (χ0) is 12.3. The fourth-order valence-corrected chi connectivity index (χ4v) is 2.08. The van der Waals surface area contributed by atoms with Crippen LogP contribution < -0.4 is 10.1 Å². The molecule has 0 radical (unpaired) electrons. The van der Waals surface area contributed by atoms with Crippen LogP contribution in [-0.4, -0.2) is 25.5 Å². The summed E-state index contributed by atoms with van der Waals surface area (Å²) in [5.41, 5.74) is 1.96. The van der Waals surface area contributed by atoms with Gasteiger partial charge in [0.1, 0.15) is 5.75 Å². The maximum Gasteiger partial charge on any atom is 0.166 e. The molecular formula is C14H19NO2. The summed E-state index contributed by atoms with van der Waals surface area (Å²) in [6, 6.07) is 5.76. The molecule has 1 aromatic carbocycles. The van der Waals surface area contributed by atoms with Gasteiger partial charge in [0, 0.05) is 24.4 Å². The van der Waals surface area contributed by atoms with Gasteiger partial charge in [0.15, 0.2) is 5.78 Å². The summed E-state index contributed by atoms with van der Waals surface area (Å²) in [5.74, 6) is 1.16. The SMILES string of the molecule is CCNCC(C)C(=O)c1ccc2c(c1)CCO2. The molecule has 1 aliphatic heterocycles. The Balaban J connectivity index is 2.09. The highest BCUT2D eigenvalue weighted by Gasteiger charge is 2.18. The third-order valence-corrected chi connectivity index (χ3v) is 3.12. The number of ketones is 1. The van der Waals surface area contributed by atoms with Gasteiger partial charge in [-0.15, -0.1) is 0 Å². The fraction of sp³-hybridized carbons (Fsp3) is 0.500. The van der Waals surface area contributed by atoms with Crippen molar-refractivity contribution in [3.63, 3.8) is 0 Å². The first-order chi connectivity index (χ1) is 8.22. The van der Waals surface area contributed by atoms with Gasteiger partial charge < -0.3 is 10.1 Å². The molecule has 3 heteroatoms. The topological polar surface area (TPSA) is 38.3 Å². The zero-order valence-corrected chi connectivity index (χ0v) is 10.5. The van der Waals surface area contributed by atoms with Gasteiger partial charge in [0.25, 0.3) is 0 Å². The molecule has 92 valence electrons. The first-order valence-corrected chi connectivity index (χ1v) is 6.23. The summed E-state index contributed by atoms with van der Waals surface area (Å²) < 4.78 is 5.43. The van der Waals surface area contributed by atoms with Crippen LogP contribution in [0.15, 0.2) is 18.2 Å². The number of rotatable bonds is 5. The minimum atomic E-state index is 0.0234. The zero-order valence-electron chi connectivity index (χ0n) is 10.5. The van der Waals surface area contributed by atoms with Crippen molar-refractivity contribution in [3.8, 4) is 5.75 Å². The highest BCUT2D eigenvalue weighted by atomic mass is 16.5. The number of carbonyl (C=O) groups excluding carboxylic acids is 1. The van der Waals surface area contributed by atoms with Crippen molar-refractivity contribution in [3.05, 3.63) is 29.3 Å².